The fourth-order valence-electron chi connectivity index (χ4n) is 1.80. The molecule has 2 atom stereocenters. The van der Waals surface area contributed by atoms with E-state index in [2.05, 4.69) is 38.8 Å². The number of esters is 1. The molecule has 1 rings (SSSR count). The first-order chi connectivity index (χ1) is 9.92. The van der Waals surface area contributed by atoms with Gasteiger partial charge in [0.25, 0.3) is 5.24 Å². The van der Waals surface area contributed by atoms with Crippen molar-refractivity contribution in [2.75, 3.05) is 0 Å². The van der Waals surface area contributed by atoms with Crippen molar-refractivity contribution in [2.24, 2.45) is 0 Å². The van der Waals surface area contributed by atoms with E-state index in [1.807, 2.05) is 0 Å². The topological polar surface area (TPSA) is 43.4 Å². The van der Waals surface area contributed by atoms with Crippen molar-refractivity contribution >= 4 is 54.7 Å². The molecule has 0 bridgehead atoms. The van der Waals surface area contributed by atoms with E-state index in [-0.39, 0.29) is 10.8 Å². The molecule has 1 aromatic carbocycles. The van der Waals surface area contributed by atoms with Gasteiger partial charge in [-0.1, -0.05) is 45.2 Å². The minimum atomic E-state index is -0.535. The second-order valence-electron chi connectivity index (χ2n) is 4.70. The molecule has 0 saturated carbocycles. The molecule has 3 nitrogen and oxygen atoms in total. The molecule has 0 aliphatic carbocycles. The third kappa shape index (κ3) is 7.43. The van der Waals surface area contributed by atoms with Gasteiger partial charge in [0.2, 0.25) is 0 Å². The predicted octanol–water partition coefficient (Wildman–Crippen LogP) is 5.08. The first kappa shape index (κ1) is 18.7. The van der Waals surface area contributed by atoms with Gasteiger partial charge in [-0.25, -0.2) is 0 Å². The highest BCUT2D eigenvalue weighted by Crippen LogP contribution is 2.22. The van der Waals surface area contributed by atoms with Crippen LogP contribution in [0.4, 0.5) is 0 Å². The molecule has 0 saturated heterocycles. The van der Waals surface area contributed by atoms with Crippen LogP contribution in [0.15, 0.2) is 24.3 Å². The summed E-state index contributed by atoms with van der Waals surface area (Å²) in [5, 5.41) is -0.535. The quantitative estimate of drug-likeness (QED) is 0.245. The zero-order chi connectivity index (χ0) is 15.8. The summed E-state index contributed by atoms with van der Waals surface area (Å²) < 4.78 is 5.22. The van der Waals surface area contributed by atoms with E-state index in [0.29, 0.717) is 22.6 Å². The summed E-state index contributed by atoms with van der Waals surface area (Å²) in [6.07, 6.45) is 3.33. The highest BCUT2D eigenvalue weighted by Gasteiger charge is 2.16. The molecule has 0 heterocycles. The molecule has 2 unspecified atom stereocenters. The van der Waals surface area contributed by atoms with Crippen molar-refractivity contribution in [1.29, 1.82) is 0 Å². The van der Waals surface area contributed by atoms with Crippen LogP contribution in [0.5, 0.6) is 5.75 Å². The van der Waals surface area contributed by atoms with E-state index >= 15 is 0 Å². The third-order valence-electron chi connectivity index (χ3n) is 2.81. The van der Waals surface area contributed by atoms with Gasteiger partial charge in [-0.05, 0) is 48.7 Å². The Hall–Kier alpha value is -0.390. The van der Waals surface area contributed by atoms with Crippen LogP contribution < -0.4 is 4.74 Å². The molecular weight excluding hydrogens is 423 g/mol. The number of hydrogen-bond acceptors (Lipinski definition) is 3. The molecule has 0 radical (unpaired) electrons. The second kappa shape index (κ2) is 9.59. The Labute approximate surface area is 146 Å². The minimum absolute atomic E-state index is 0.0737. The lowest BCUT2D eigenvalue weighted by atomic mass is 10.1. The molecule has 6 heteroatoms. The SMILES string of the molecule is CCCC(Br)CC(Br)CC(=O)Oc1ccc(C(=O)Cl)cc1. The summed E-state index contributed by atoms with van der Waals surface area (Å²) in [6.45, 7) is 2.13. The van der Waals surface area contributed by atoms with Gasteiger partial charge in [-0.2, -0.15) is 0 Å². The minimum Gasteiger partial charge on any atom is -0.427 e. The summed E-state index contributed by atoms with van der Waals surface area (Å²) in [6, 6.07) is 6.17. The molecule has 21 heavy (non-hydrogen) atoms. The fourth-order valence-corrected chi connectivity index (χ4v) is 4.05. The van der Waals surface area contributed by atoms with E-state index in [0.717, 1.165) is 19.3 Å². The Kier molecular flexibility index (Phi) is 8.52. The molecule has 0 fully saturated rings. The van der Waals surface area contributed by atoms with Crippen LogP contribution in [0, 0.1) is 0 Å². The van der Waals surface area contributed by atoms with Crippen LogP contribution in [0.3, 0.4) is 0 Å². The number of halogens is 3. The molecule has 1 aromatic rings. The van der Waals surface area contributed by atoms with Gasteiger partial charge in [0.1, 0.15) is 5.75 Å². The maximum atomic E-state index is 11.8. The van der Waals surface area contributed by atoms with Gasteiger partial charge in [0, 0.05) is 15.2 Å². The maximum Gasteiger partial charge on any atom is 0.312 e. The van der Waals surface area contributed by atoms with E-state index in [1.54, 1.807) is 12.1 Å². The lowest BCUT2D eigenvalue weighted by molar-refractivity contribution is -0.134. The summed E-state index contributed by atoms with van der Waals surface area (Å²) in [5.74, 6) is 0.100. The first-order valence-electron chi connectivity index (χ1n) is 6.71. The van der Waals surface area contributed by atoms with Gasteiger partial charge in [-0.15, -0.1) is 0 Å². The van der Waals surface area contributed by atoms with Crippen LogP contribution in [0.25, 0.3) is 0 Å². The lowest BCUT2D eigenvalue weighted by Crippen LogP contribution is -2.16. The van der Waals surface area contributed by atoms with Crippen molar-refractivity contribution in [2.45, 2.75) is 42.3 Å². The van der Waals surface area contributed by atoms with Gasteiger partial charge in [0.15, 0.2) is 0 Å². The van der Waals surface area contributed by atoms with Gasteiger partial charge >= 0.3 is 5.97 Å². The number of carbonyl (C=O) groups is 2. The largest absolute Gasteiger partial charge is 0.427 e. The number of alkyl halides is 2. The van der Waals surface area contributed by atoms with Crippen LogP contribution in [0.2, 0.25) is 0 Å². The van der Waals surface area contributed by atoms with E-state index < -0.39 is 5.24 Å². The van der Waals surface area contributed by atoms with Crippen LogP contribution in [-0.2, 0) is 4.79 Å². The summed E-state index contributed by atoms with van der Waals surface area (Å²) >= 11 is 12.4. The molecule has 0 N–H and O–H groups in total. The maximum absolute atomic E-state index is 11.8. The van der Waals surface area contributed by atoms with E-state index in [1.165, 1.54) is 12.1 Å². The molecule has 0 aliphatic heterocycles. The Bertz CT molecular complexity index is 476. The third-order valence-corrected chi connectivity index (χ3v) is 4.56. The number of carbonyl (C=O) groups excluding carboxylic acids is 2. The van der Waals surface area contributed by atoms with E-state index in [9.17, 15) is 9.59 Å². The Morgan fingerprint density at radius 3 is 2.33 bits per heavy atom. The second-order valence-corrected chi connectivity index (χ2v) is 7.63. The number of hydrogen-bond donors (Lipinski definition) is 0. The Morgan fingerprint density at radius 2 is 1.81 bits per heavy atom. The molecule has 0 amide bonds. The standard InChI is InChI=1S/C15H17Br2ClO3/c1-2-3-11(16)8-12(17)9-14(19)21-13-6-4-10(5-7-13)15(18)20/h4-7,11-12H,2-3,8-9H2,1H3. The van der Waals surface area contributed by atoms with Crippen molar-refractivity contribution in [3.63, 3.8) is 0 Å². The van der Waals surface area contributed by atoms with Crippen molar-refractivity contribution < 1.29 is 14.3 Å². The van der Waals surface area contributed by atoms with E-state index in [4.69, 9.17) is 16.3 Å². The predicted molar refractivity (Wildman–Crippen MR) is 91.8 cm³/mol. The Balaban J connectivity index is 2.44. The first-order valence-corrected chi connectivity index (χ1v) is 8.92. The highest BCUT2D eigenvalue weighted by molar-refractivity contribution is 9.10. The van der Waals surface area contributed by atoms with Crippen molar-refractivity contribution in [3.05, 3.63) is 29.8 Å². The van der Waals surface area contributed by atoms with Gasteiger partial charge < -0.3 is 4.74 Å². The molecule has 116 valence electrons. The lowest BCUT2D eigenvalue weighted by Gasteiger charge is -2.13. The van der Waals surface area contributed by atoms with Crippen LogP contribution >= 0.6 is 43.5 Å². The normalized spacial score (nSPS) is 13.5. The zero-order valence-electron chi connectivity index (χ0n) is 11.7. The van der Waals surface area contributed by atoms with Gasteiger partial charge in [-0.3, -0.25) is 9.59 Å². The monoisotopic (exact) mass is 438 g/mol. The molecular formula is C15H17Br2ClO3. The summed E-state index contributed by atoms with van der Waals surface area (Å²) in [5.41, 5.74) is 0.372. The number of benzene rings is 1. The molecule has 0 aromatic heterocycles. The molecule has 0 aliphatic rings. The van der Waals surface area contributed by atoms with Crippen LogP contribution in [-0.4, -0.2) is 20.9 Å². The van der Waals surface area contributed by atoms with Crippen molar-refractivity contribution in [1.82, 2.24) is 0 Å². The fraction of sp³-hybridized carbons (Fsp3) is 0.467. The van der Waals surface area contributed by atoms with Gasteiger partial charge in [0.05, 0.1) is 6.42 Å². The number of rotatable bonds is 8. The number of ether oxygens (including phenoxy) is 1. The average molecular weight is 441 g/mol. The smallest absolute Gasteiger partial charge is 0.312 e. The Morgan fingerprint density at radius 1 is 1.19 bits per heavy atom. The molecule has 0 spiro atoms. The van der Waals surface area contributed by atoms with Crippen LogP contribution in [0.1, 0.15) is 43.0 Å². The summed E-state index contributed by atoms with van der Waals surface area (Å²) in [7, 11) is 0. The zero-order valence-corrected chi connectivity index (χ0v) is 15.6. The van der Waals surface area contributed by atoms with Crippen molar-refractivity contribution in [3.8, 4) is 5.75 Å². The summed E-state index contributed by atoms with van der Waals surface area (Å²) in [4.78, 5) is 23.2. The average Bonchev–Trinajstić information content (AvgIpc) is 2.38. The highest BCUT2D eigenvalue weighted by atomic mass is 79.9.